The molecule has 3 heteroatoms. The quantitative estimate of drug-likeness (QED) is 0.394. The Morgan fingerprint density at radius 1 is 0.846 bits per heavy atom. The van der Waals surface area contributed by atoms with Crippen LogP contribution in [0.15, 0.2) is 60.7 Å². The number of H-pyrrole nitrogens is 1. The molecule has 0 radical (unpaired) electrons. The van der Waals surface area contributed by atoms with E-state index in [1.165, 1.54) is 12.8 Å². The van der Waals surface area contributed by atoms with Crippen molar-refractivity contribution in [3.05, 3.63) is 66.2 Å². The van der Waals surface area contributed by atoms with Crippen LogP contribution in [0.4, 0.5) is 0 Å². The topological polar surface area (TPSA) is 42.1 Å². The molecule has 1 aromatic heterocycles. The summed E-state index contributed by atoms with van der Waals surface area (Å²) in [6, 6.07) is 20.0. The van der Waals surface area contributed by atoms with Gasteiger partial charge in [0, 0.05) is 17.0 Å². The summed E-state index contributed by atoms with van der Waals surface area (Å²) in [4.78, 5) is 14.8. The number of carbonyl (C=O) groups is 1. The predicted molar refractivity (Wildman–Crippen MR) is 107 cm³/mol. The highest BCUT2D eigenvalue weighted by Gasteiger charge is 2.06. The van der Waals surface area contributed by atoms with Crippen LogP contribution in [-0.2, 0) is 0 Å². The average Bonchev–Trinajstić information content (AvgIpc) is 3.16. The summed E-state index contributed by atoms with van der Waals surface area (Å²) in [5.41, 5.74) is 5.02. The van der Waals surface area contributed by atoms with Crippen LogP contribution in [0.25, 0.3) is 22.5 Å². The first-order valence-corrected chi connectivity index (χ1v) is 9.21. The molecule has 0 atom stereocenters. The lowest BCUT2D eigenvalue weighted by Gasteiger charge is -2.06. The standard InChI is InChI=1S/C23H25NO2/c1-3-4-5-16-26-21-12-10-20(11-13-21)23-15-14-22(24-23)19-8-6-18(7-9-19)17(2)25/h6-15,24H,3-5,16H2,1-2H3. The number of hydrogen-bond acceptors (Lipinski definition) is 2. The lowest BCUT2D eigenvalue weighted by Crippen LogP contribution is -1.96. The van der Waals surface area contributed by atoms with Crippen molar-refractivity contribution in [3.8, 4) is 28.3 Å². The fourth-order valence-corrected chi connectivity index (χ4v) is 2.89. The Morgan fingerprint density at radius 3 is 1.96 bits per heavy atom. The molecule has 0 spiro atoms. The molecule has 134 valence electrons. The van der Waals surface area contributed by atoms with E-state index in [4.69, 9.17) is 4.74 Å². The van der Waals surface area contributed by atoms with Gasteiger partial charge in [0.25, 0.3) is 0 Å². The number of hydrogen-bond donors (Lipinski definition) is 1. The molecule has 0 unspecified atom stereocenters. The van der Waals surface area contributed by atoms with E-state index in [1.807, 2.05) is 36.4 Å². The zero-order valence-corrected chi connectivity index (χ0v) is 15.4. The molecule has 3 rings (SSSR count). The second-order valence-electron chi connectivity index (χ2n) is 6.50. The maximum Gasteiger partial charge on any atom is 0.159 e. The average molecular weight is 347 g/mol. The van der Waals surface area contributed by atoms with Crippen molar-refractivity contribution in [2.45, 2.75) is 33.1 Å². The van der Waals surface area contributed by atoms with E-state index in [9.17, 15) is 4.79 Å². The van der Waals surface area contributed by atoms with Gasteiger partial charge in [0.2, 0.25) is 0 Å². The third kappa shape index (κ3) is 4.42. The largest absolute Gasteiger partial charge is 0.494 e. The number of aromatic amines is 1. The first-order valence-electron chi connectivity index (χ1n) is 9.21. The molecule has 0 aliphatic rings. The third-order valence-corrected chi connectivity index (χ3v) is 4.47. The molecule has 0 amide bonds. The van der Waals surface area contributed by atoms with Gasteiger partial charge < -0.3 is 9.72 Å². The number of unbranched alkanes of at least 4 members (excludes halogenated alkanes) is 2. The van der Waals surface area contributed by atoms with Gasteiger partial charge in [-0.3, -0.25) is 4.79 Å². The molecule has 1 N–H and O–H groups in total. The third-order valence-electron chi connectivity index (χ3n) is 4.47. The fraction of sp³-hybridized carbons (Fsp3) is 0.261. The van der Waals surface area contributed by atoms with Gasteiger partial charge in [-0.25, -0.2) is 0 Å². The summed E-state index contributed by atoms with van der Waals surface area (Å²) in [5.74, 6) is 0.997. The SMILES string of the molecule is CCCCCOc1ccc(-c2ccc(-c3ccc(C(C)=O)cc3)[nH]2)cc1. The van der Waals surface area contributed by atoms with Crippen molar-refractivity contribution >= 4 is 5.78 Å². The van der Waals surface area contributed by atoms with Crippen molar-refractivity contribution in [3.63, 3.8) is 0 Å². The van der Waals surface area contributed by atoms with Gasteiger partial charge in [0.1, 0.15) is 5.75 Å². The van der Waals surface area contributed by atoms with Crippen LogP contribution in [0.2, 0.25) is 0 Å². The van der Waals surface area contributed by atoms with Gasteiger partial charge in [-0.2, -0.15) is 0 Å². The minimum Gasteiger partial charge on any atom is -0.494 e. The van der Waals surface area contributed by atoms with Crippen molar-refractivity contribution < 1.29 is 9.53 Å². The molecule has 26 heavy (non-hydrogen) atoms. The number of aromatic nitrogens is 1. The molecule has 2 aromatic carbocycles. The normalized spacial score (nSPS) is 10.7. The van der Waals surface area contributed by atoms with E-state index in [-0.39, 0.29) is 5.78 Å². The Labute approximate surface area is 155 Å². The highest BCUT2D eigenvalue weighted by Crippen LogP contribution is 2.26. The Kier molecular flexibility index (Phi) is 5.90. The van der Waals surface area contributed by atoms with E-state index in [2.05, 4.69) is 36.2 Å². The minimum atomic E-state index is 0.0840. The highest BCUT2D eigenvalue weighted by molar-refractivity contribution is 5.94. The maximum atomic E-state index is 11.4. The molecule has 0 saturated heterocycles. The smallest absolute Gasteiger partial charge is 0.159 e. The summed E-state index contributed by atoms with van der Waals surface area (Å²) in [6.07, 6.45) is 3.51. The highest BCUT2D eigenvalue weighted by atomic mass is 16.5. The molecular weight excluding hydrogens is 322 g/mol. The van der Waals surface area contributed by atoms with Crippen LogP contribution in [0.1, 0.15) is 43.5 Å². The summed E-state index contributed by atoms with van der Waals surface area (Å²) in [5, 5.41) is 0. The van der Waals surface area contributed by atoms with Crippen LogP contribution in [0.5, 0.6) is 5.75 Å². The van der Waals surface area contributed by atoms with Crippen molar-refractivity contribution in [1.29, 1.82) is 0 Å². The van der Waals surface area contributed by atoms with Gasteiger partial charge in [0.15, 0.2) is 5.78 Å². The monoisotopic (exact) mass is 347 g/mol. The molecule has 1 heterocycles. The number of carbonyl (C=O) groups excluding carboxylic acids is 1. The lowest BCUT2D eigenvalue weighted by molar-refractivity contribution is 0.101. The van der Waals surface area contributed by atoms with Crippen LogP contribution in [0, 0.1) is 0 Å². The molecule has 3 aromatic rings. The first-order chi connectivity index (χ1) is 12.7. The van der Waals surface area contributed by atoms with Crippen LogP contribution >= 0.6 is 0 Å². The van der Waals surface area contributed by atoms with Gasteiger partial charge in [-0.15, -0.1) is 0 Å². The predicted octanol–water partition coefficient (Wildman–Crippen LogP) is 6.12. The van der Waals surface area contributed by atoms with E-state index in [0.29, 0.717) is 0 Å². The summed E-state index contributed by atoms with van der Waals surface area (Å²) >= 11 is 0. The first kappa shape index (κ1) is 18.0. The van der Waals surface area contributed by atoms with E-state index in [1.54, 1.807) is 6.92 Å². The molecule has 0 aliphatic carbocycles. The van der Waals surface area contributed by atoms with Crippen LogP contribution in [-0.4, -0.2) is 17.4 Å². The zero-order valence-electron chi connectivity index (χ0n) is 15.4. The Hall–Kier alpha value is -2.81. The number of ketones is 1. The number of Topliss-reactive ketones (excluding diaryl/α,β-unsaturated/α-hetero) is 1. The Balaban J connectivity index is 1.68. The number of benzene rings is 2. The van der Waals surface area contributed by atoms with Crippen molar-refractivity contribution in [2.24, 2.45) is 0 Å². The van der Waals surface area contributed by atoms with Gasteiger partial charge in [-0.1, -0.05) is 44.0 Å². The van der Waals surface area contributed by atoms with Crippen LogP contribution < -0.4 is 4.74 Å². The van der Waals surface area contributed by atoms with E-state index in [0.717, 1.165) is 46.9 Å². The van der Waals surface area contributed by atoms with Gasteiger partial charge >= 0.3 is 0 Å². The lowest BCUT2D eigenvalue weighted by atomic mass is 10.1. The second kappa shape index (κ2) is 8.52. The summed E-state index contributed by atoms with van der Waals surface area (Å²) in [6.45, 7) is 4.55. The summed E-state index contributed by atoms with van der Waals surface area (Å²) < 4.78 is 5.77. The second-order valence-corrected chi connectivity index (χ2v) is 6.50. The Bertz CT molecular complexity index is 845. The Morgan fingerprint density at radius 2 is 1.42 bits per heavy atom. The maximum absolute atomic E-state index is 11.4. The van der Waals surface area contributed by atoms with Crippen LogP contribution in [0.3, 0.4) is 0 Å². The molecule has 0 fully saturated rings. The number of nitrogens with one attached hydrogen (secondary N) is 1. The number of ether oxygens (including phenoxy) is 1. The summed E-state index contributed by atoms with van der Waals surface area (Å²) in [7, 11) is 0. The van der Waals surface area contributed by atoms with Crippen molar-refractivity contribution in [2.75, 3.05) is 6.61 Å². The van der Waals surface area contributed by atoms with Gasteiger partial charge in [0.05, 0.1) is 6.61 Å². The minimum absolute atomic E-state index is 0.0840. The van der Waals surface area contributed by atoms with E-state index >= 15 is 0 Å². The fourth-order valence-electron chi connectivity index (χ4n) is 2.89. The van der Waals surface area contributed by atoms with Crippen molar-refractivity contribution in [1.82, 2.24) is 4.98 Å². The van der Waals surface area contributed by atoms with Gasteiger partial charge in [-0.05, 0) is 60.9 Å². The molecular formula is C23H25NO2. The molecule has 0 aliphatic heterocycles. The molecule has 3 nitrogen and oxygen atoms in total. The van der Waals surface area contributed by atoms with E-state index < -0.39 is 0 Å². The zero-order chi connectivity index (χ0) is 18.4. The molecule has 0 bridgehead atoms. The number of rotatable bonds is 8. The molecule has 0 saturated carbocycles.